The zero-order chi connectivity index (χ0) is 102. The van der Waals surface area contributed by atoms with E-state index in [4.69, 9.17) is 23.3 Å². The average Bonchev–Trinajstić information content (AvgIpc) is 1.62. The topological polar surface area (TPSA) is 159 Å². The molecule has 26 heteroatoms. The molecule has 3 aliphatic rings. The molecule has 0 unspecified atom stereocenters. The first-order valence-corrected chi connectivity index (χ1v) is 60.1. The monoisotopic (exact) mass is 2310 g/mol. The maximum Gasteiger partial charge on any atom is -0.0134 e. The van der Waals surface area contributed by atoms with Crippen LogP contribution in [0.2, 0.25) is 0 Å². The molecule has 0 atom stereocenters. The van der Waals surface area contributed by atoms with Crippen molar-refractivity contribution >= 4 is 155 Å². The van der Waals surface area contributed by atoms with Crippen LogP contribution < -0.4 is 69.1 Å². The van der Waals surface area contributed by atoms with Gasteiger partial charge in [-0.2, -0.15) is 39.2 Å². The fraction of sp³-hybridized carbons (Fsp3) is 0.167. The summed E-state index contributed by atoms with van der Waals surface area (Å²) in [6.45, 7) is 0. The van der Waals surface area contributed by atoms with Crippen LogP contribution in [0.25, 0.3) is 11.1 Å². The molecular weight excluding hydrogens is 2200 g/mol. The quantitative estimate of drug-likeness (QED) is 0.0198. The summed E-state index contributed by atoms with van der Waals surface area (Å²) in [7, 11) is -0.00592. The number of hydrogen-bond acceptors (Lipinski definition) is 11. The van der Waals surface area contributed by atoms with Gasteiger partial charge in [0.1, 0.15) is 11.5 Å². The van der Waals surface area contributed by atoms with E-state index in [1.54, 1.807) is 18.2 Å². The van der Waals surface area contributed by atoms with Gasteiger partial charge in [0.05, 0.1) is 32.5 Å². The zero-order valence-electron chi connectivity index (χ0n) is 80.3. The van der Waals surface area contributed by atoms with Gasteiger partial charge < -0.3 is 43.9 Å². The van der Waals surface area contributed by atoms with Gasteiger partial charge >= 0.3 is 67.3 Å². The van der Waals surface area contributed by atoms with E-state index in [2.05, 4.69) is 414 Å². The number of carbonyl (C=O) groups excluding carboxylic acids is 3. The van der Waals surface area contributed by atoms with Crippen molar-refractivity contribution in [2.75, 3.05) is 21.3 Å². The molecule has 2 N–H and O–H groups in total. The molecule has 20 rings (SSSR count). The Balaban J connectivity index is 0.000000185. The first-order valence-electron chi connectivity index (χ1n) is 47.0. The van der Waals surface area contributed by atoms with E-state index < -0.39 is 85.7 Å². The van der Waals surface area contributed by atoms with Crippen LogP contribution in [0, 0.1) is 6.42 Å². The number of benzene rings is 14. The molecule has 0 bridgehead atoms. The minimum absolute atomic E-state index is 0. The maximum atomic E-state index is 13.4. The predicted octanol–water partition coefficient (Wildman–Crippen LogP) is 27.4. The number of halogens is 8. The van der Waals surface area contributed by atoms with E-state index in [1.807, 2.05) is 6.07 Å². The number of hydrogen-bond donors (Lipinski definition) is 2. The minimum Gasteiger partial charge on any atom is -0.0622 e. The Morgan fingerprint density at radius 1 is 0.322 bits per heavy atom. The molecule has 146 heavy (non-hydrogen) atoms. The number of carbonyl (C=O) groups is 3. The molecule has 3 heterocycles. The second-order valence-electron chi connectivity index (χ2n) is 32.6. The van der Waals surface area contributed by atoms with Crippen molar-refractivity contribution in [2.45, 2.75) is 109 Å². The predicted molar refractivity (Wildman–Crippen MR) is 591 cm³/mol. The van der Waals surface area contributed by atoms with Crippen molar-refractivity contribution < 1.29 is 115 Å². The van der Waals surface area contributed by atoms with E-state index in [-0.39, 0.29) is 50.9 Å². The molecule has 3 aromatic heterocycles. The molecule has 14 aromatic carbocycles. The van der Waals surface area contributed by atoms with Crippen molar-refractivity contribution in [3.8, 4) is 11.1 Å². The van der Waals surface area contributed by atoms with Gasteiger partial charge in [0.25, 0.3) is 0 Å². The fourth-order valence-corrected chi connectivity index (χ4v) is 25.7. The van der Waals surface area contributed by atoms with Crippen LogP contribution in [0.4, 0.5) is 26.3 Å². The summed E-state index contributed by atoms with van der Waals surface area (Å²) in [5, 5.41) is 34.0. The van der Waals surface area contributed by atoms with E-state index in [0.717, 1.165) is 49.6 Å². The summed E-state index contributed by atoms with van der Waals surface area (Å²) in [5.41, 5.74) is -1.93. The van der Waals surface area contributed by atoms with Crippen LogP contribution in [0.3, 0.4) is 0 Å². The van der Waals surface area contributed by atoms with Crippen molar-refractivity contribution in [3.63, 3.8) is 0 Å². The van der Waals surface area contributed by atoms with Gasteiger partial charge in [0.15, 0.2) is 4.67 Å². The third kappa shape index (κ3) is 37.0. The van der Waals surface area contributed by atoms with E-state index in [0.29, 0.717) is 27.7 Å². The van der Waals surface area contributed by atoms with Crippen molar-refractivity contribution in [1.82, 2.24) is 0 Å². The number of methoxy groups -OCH3 is 3. The van der Waals surface area contributed by atoms with E-state index >= 15 is 0 Å². The molecule has 17 aromatic rings. The Morgan fingerprint density at radius 3 is 0.815 bits per heavy atom. The SMILES string of the molecule is C.COC(=O)c1cc(-c2ccccc2C(F)(F)F)c(C2CCCC2)o1.COC(=O)c1ccc(Br)o1.COC(=O)c1ccc(C2CCCC2)o1.OB(O)c1ccccc1C(F)(F)F.[CH-]1CCCC1.[Pd].[Zn+][Br].c1ccc(P(c2ccccc2)c2ccccc2)cc1.c1ccc(P(c2ccccc2)c2ccccc2)cc1.c1ccc(P(c2ccccc2)c2ccccc2)cc1.c1ccc(P(c2ccccc2)c2ccccc2)cc1. The number of furan rings is 3. The maximum absolute atomic E-state index is 13.4. The van der Waals surface area contributed by atoms with Gasteiger partial charge in [-0.05, 0) is 184 Å². The van der Waals surface area contributed by atoms with E-state index in [1.165, 1.54) is 189 Å². The first kappa shape index (κ1) is 118. The first-order chi connectivity index (χ1) is 70.2. The van der Waals surface area contributed by atoms with Gasteiger partial charge in [-0.1, -0.05) is 452 Å². The Bertz CT molecular complexity index is 5660. The Hall–Kier alpha value is -11.1. The van der Waals surface area contributed by atoms with Gasteiger partial charge in [-0.3, -0.25) is 0 Å². The summed E-state index contributed by atoms with van der Waals surface area (Å²) in [6, 6.07) is 147. The van der Waals surface area contributed by atoms with Crippen molar-refractivity contribution in [2.24, 2.45) is 0 Å². The zero-order valence-corrected chi connectivity index (χ0v) is 91.6. The van der Waals surface area contributed by atoms with Gasteiger partial charge in [0.2, 0.25) is 17.3 Å². The van der Waals surface area contributed by atoms with Crippen LogP contribution in [-0.2, 0) is 63.3 Å². The Labute approximate surface area is 897 Å². The van der Waals surface area contributed by atoms with Crippen LogP contribution in [0.5, 0.6) is 0 Å². The summed E-state index contributed by atoms with van der Waals surface area (Å²) >= 11 is 7.31. The summed E-state index contributed by atoms with van der Waals surface area (Å²) in [4.78, 5) is 33.6. The number of ether oxygens (including phenoxy) is 3. The third-order valence-corrected chi connectivity index (χ3v) is 33.1. The van der Waals surface area contributed by atoms with E-state index in [9.17, 15) is 40.7 Å². The number of alkyl halides is 6. The molecule has 0 amide bonds. The molecule has 11 nitrogen and oxygen atoms in total. The normalized spacial score (nSPS) is 12.3. The summed E-state index contributed by atoms with van der Waals surface area (Å²) in [5.74, 6) is 0.820. The Kier molecular flexibility index (Phi) is 52.1. The van der Waals surface area contributed by atoms with Crippen LogP contribution in [0.1, 0.15) is 151 Å². The molecule has 3 saturated carbocycles. The standard InChI is InChI=1S/C18H17F3O3.4C18H15P.C11H14O3.C7H6BF3O2.C6H5BrO3.C5H9.CH4.BrH.Pd.Zn/c1-23-17(22)15-10-13(16(24-15)11-6-2-3-7-11)12-8-4-5-9-14(12)18(19,20)21;4*1-4-10-16(11-5-1)19(17-12-6-2-7-13-17)18-14-8-3-9-15-18;1-13-11(12)10-7-6-9(14-10)8-4-2-3-5-8;9-7(10,11)5-3-1-2-4-6(5)8(12)13;1-9-6(8)4-2-3-5(7)10-4;1-2-4-5-3-1;;;;/h4-5,8-11H,2-3,6-7H2,1H3;4*1-15H;6-8H,2-5H2,1H3;1-4,12-13H;2-3H,1H3;1H,2-5H2;1H4;1H;;/q;;;;;;;;-1;;;;+2/p-1. The molecule has 0 saturated heterocycles. The summed E-state index contributed by atoms with van der Waals surface area (Å²) in [6.07, 6.45) is 7.52. The third-order valence-electron chi connectivity index (χ3n) is 22.9. The second kappa shape index (κ2) is 64.2. The second-order valence-corrected chi connectivity index (χ2v) is 42.2. The number of esters is 3. The minimum atomic E-state index is -4.56. The molecule has 752 valence electrons. The van der Waals surface area contributed by atoms with Crippen LogP contribution in [-0.4, -0.2) is 56.4 Å². The van der Waals surface area contributed by atoms with Crippen LogP contribution >= 0.6 is 61.2 Å². The van der Waals surface area contributed by atoms with Crippen molar-refractivity contribution in [3.05, 3.63) is 494 Å². The fourth-order valence-electron chi connectivity index (χ4n) is 16.2. The Morgan fingerprint density at radius 2 is 0.568 bits per heavy atom. The van der Waals surface area contributed by atoms with Gasteiger partial charge in [-0.15, -0.1) is 0 Å². The molecule has 0 radical (unpaired) electrons. The van der Waals surface area contributed by atoms with Crippen LogP contribution in [0.15, 0.2) is 461 Å². The molecular formula is C120H115BBr2F6O11P4PdZn. The van der Waals surface area contributed by atoms with Gasteiger partial charge in [-0.25, -0.2) is 14.4 Å². The molecule has 3 fully saturated rings. The molecule has 0 spiro atoms. The summed E-state index contributed by atoms with van der Waals surface area (Å²) < 4.78 is 107. The van der Waals surface area contributed by atoms with Crippen molar-refractivity contribution in [1.29, 1.82) is 0 Å². The molecule has 0 aliphatic heterocycles. The smallest absolute Gasteiger partial charge is 0.0134 e. The number of rotatable bonds is 19. The largest absolute Gasteiger partial charge is 0.0622 e. The average molecular weight is 2310 g/mol. The molecule has 3 aliphatic carbocycles. The van der Waals surface area contributed by atoms with Gasteiger partial charge in [0, 0.05) is 37.8 Å².